The number of aromatic nitrogens is 1. The van der Waals surface area contributed by atoms with Crippen molar-refractivity contribution in [2.45, 2.75) is 31.1 Å². The quantitative estimate of drug-likeness (QED) is 0.782. The highest BCUT2D eigenvalue weighted by molar-refractivity contribution is 7.89. The average Bonchev–Trinajstić information content (AvgIpc) is 2.94. The van der Waals surface area contributed by atoms with Crippen LogP contribution < -0.4 is 10.5 Å². The molecular weight excluding hydrogens is 334 g/mol. The van der Waals surface area contributed by atoms with Gasteiger partial charge in [-0.05, 0) is 30.5 Å². The number of primary sulfonamides is 1. The van der Waals surface area contributed by atoms with Gasteiger partial charge in [-0.2, -0.15) is 0 Å². The summed E-state index contributed by atoms with van der Waals surface area (Å²) in [6, 6.07) is 6.32. The molecule has 2 rings (SSSR count). The van der Waals surface area contributed by atoms with Gasteiger partial charge in [-0.15, -0.1) is 11.3 Å². The molecule has 0 atom stereocenters. The second-order valence-electron chi connectivity index (χ2n) is 5.05. The topological polar surface area (TPSA) is 102 Å². The minimum absolute atomic E-state index is 0.0703. The molecule has 1 aromatic heterocycles. The molecule has 2 aromatic rings. The molecule has 0 saturated heterocycles. The van der Waals surface area contributed by atoms with Gasteiger partial charge in [0.25, 0.3) is 0 Å². The average molecular weight is 353 g/mol. The van der Waals surface area contributed by atoms with Crippen LogP contribution in [0, 0.1) is 0 Å². The van der Waals surface area contributed by atoms with E-state index in [1.807, 2.05) is 12.3 Å². The number of thiazole rings is 1. The summed E-state index contributed by atoms with van der Waals surface area (Å²) in [6.07, 6.45) is 1.77. The van der Waals surface area contributed by atoms with Crippen LogP contribution in [0.25, 0.3) is 0 Å². The van der Waals surface area contributed by atoms with Gasteiger partial charge in [0.1, 0.15) is 0 Å². The Morgan fingerprint density at radius 1 is 1.30 bits per heavy atom. The second-order valence-corrected chi connectivity index (χ2v) is 7.56. The predicted octanol–water partition coefficient (Wildman–Crippen LogP) is 1.25. The number of nitrogens with two attached hydrogens (primary N) is 1. The van der Waals surface area contributed by atoms with Crippen LogP contribution in [0.2, 0.25) is 0 Å². The van der Waals surface area contributed by atoms with Crippen molar-refractivity contribution >= 4 is 27.3 Å². The molecule has 3 N–H and O–H groups in total. The van der Waals surface area contributed by atoms with Crippen molar-refractivity contribution in [3.63, 3.8) is 0 Å². The minimum Gasteiger partial charge on any atom is -0.355 e. The summed E-state index contributed by atoms with van der Waals surface area (Å²) in [5.41, 5.74) is 1.72. The minimum atomic E-state index is -3.66. The van der Waals surface area contributed by atoms with Crippen molar-refractivity contribution < 1.29 is 13.2 Å². The number of nitrogens with one attached hydrogen (secondary N) is 1. The number of rotatable bonds is 7. The highest BCUT2D eigenvalue weighted by Gasteiger charge is 2.08. The van der Waals surface area contributed by atoms with Crippen molar-refractivity contribution in [3.05, 3.63) is 45.9 Å². The van der Waals surface area contributed by atoms with Crippen LogP contribution in [0.3, 0.4) is 0 Å². The van der Waals surface area contributed by atoms with E-state index in [1.54, 1.807) is 23.5 Å². The third-order valence-electron chi connectivity index (χ3n) is 3.23. The van der Waals surface area contributed by atoms with Gasteiger partial charge in [0, 0.05) is 11.9 Å². The van der Waals surface area contributed by atoms with Gasteiger partial charge in [-0.25, -0.2) is 18.5 Å². The zero-order chi connectivity index (χ0) is 16.9. The number of sulfonamides is 1. The number of carbonyl (C=O) groups is 1. The van der Waals surface area contributed by atoms with Crippen molar-refractivity contribution in [3.8, 4) is 0 Å². The number of benzene rings is 1. The zero-order valence-corrected chi connectivity index (χ0v) is 14.4. The lowest BCUT2D eigenvalue weighted by molar-refractivity contribution is -0.120. The van der Waals surface area contributed by atoms with E-state index < -0.39 is 10.0 Å². The molecule has 1 aromatic carbocycles. The Balaban J connectivity index is 1.79. The summed E-state index contributed by atoms with van der Waals surface area (Å²) in [4.78, 5) is 16.3. The van der Waals surface area contributed by atoms with Crippen LogP contribution in [-0.4, -0.2) is 25.9 Å². The number of hydrogen-bond donors (Lipinski definition) is 2. The molecule has 1 heterocycles. The first kappa shape index (κ1) is 17.6. The molecule has 0 radical (unpaired) electrons. The summed E-state index contributed by atoms with van der Waals surface area (Å²) >= 11 is 1.57. The zero-order valence-electron chi connectivity index (χ0n) is 12.8. The smallest absolute Gasteiger partial charge is 0.238 e. The first-order valence-electron chi connectivity index (χ1n) is 7.20. The lowest BCUT2D eigenvalue weighted by atomic mass is 10.1. The summed E-state index contributed by atoms with van der Waals surface area (Å²) in [6.45, 7) is 2.52. The van der Waals surface area contributed by atoms with Gasteiger partial charge in [-0.1, -0.05) is 19.1 Å². The fraction of sp³-hybridized carbons (Fsp3) is 0.333. The Bertz CT molecular complexity index is 768. The number of aryl methyl sites for hydroxylation is 1. The van der Waals surface area contributed by atoms with Crippen LogP contribution in [0.4, 0.5) is 0 Å². The van der Waals surface area contributed by atoms with E-state index in [-0.39, 0.29) is 17.2 Å². The molecule has 23 heavy (non-hydrogen) atoms. The van der Waals surface area contributed by atoms with E-state index in [2.05, 4.69) is 10.3 Å². The van der Waals surface area contributed by atoms with Gasteiger partial charge in [-0.3, -0.25) is 4.79 Å². The van der Waals surface area contributed by atoms with Crippen molar-refractivity contribution in [1.82, 2.24) is 10.3 Å². The fourth-order valence-corrected chi connectivity index (χ4v) is 3.27. The van der Waals surface area contributed by atoms with Crippen molar-refractivity contribution in [2.75, 3.05) is 6.54 Å². The number of hydrogen-bond acceptors (Lipinski definition) is 5. The van der Waals surface area contributed by atoms with Gasteiger partial charge in [0.2, 0.25) is 15.9 Å². The van der Waals surface area contributed by atoms with E-state index in [1.165, 1.54) is 12.1 Å². The Kier molecular flexibility index (Phi) is 5.86. The lowest BCUT2D eigenvalue weighted by Gasteiger charge is -2.05. The van der Waals surface area contributed by atoms with Gasteiger partial charge in [0.15, 0.2) is 0 Å². The summed E-state index contributed by atoms with van der Waals surface area (Å²) < 4.78 is 22.3. The molecule has 6 nitrogen and oxygen atoms in total. The van der Waals surface area contributed by atoms with Gasteiger partial charge in [0.05, 0.1) is 22.0 Å². The molecule has 8 heteroatoms. The number of amides is 1. The molecule has 124 valence electrons. The lowest BCUT2D eigenvalue weighted by Crippen LogP contribution is -2.27. The van der Waals surface area contributed by atoms with E-state index in [9.17, 15) is 13.2 Å². The van der Waals surface area contributed by atoms with Crippen LogP contribution in [0.1, 0.15) is 23.2 Å². The Labute approximate surface area is 139 Å². The molecule has 0 spiro atoms. The highest BCUT2D eigenvalue weighted by Crippen LogP contribution is 2.11. The summed E-state index contributed by atoms with van der Waals surface area (Å²) in [5.74, 6) is -0.0703. The number of nitrogens with zero attached hydrogens (tertiary/aromatic N) is 1. The SMILES string of the molecule is CCc1nc(CC(=O)NCCc2ccc(S(N)(=O)=O)cc2)cs1. The predicted molar refractivity (Wildman–Crippen MR) is 89.7 cm³/mol. The normalized spacial score (nSPS) is 11.4. The maximum atomic E-state index is 11.8. The van der Waals surface area contributed by atoms with Crippen LogP contribution in [0.5, 0.6) is 0 Å². The monoisotopic (exact) mass is 353 g/mol. The summed E-state index contributed by atoms with van der Waals surface area (Å²) in [7, 11) is -3.66. The molecule has 0 aliphatic carbocycles. The Morgan fingerprint density at radius 2 is 2.00 bits per heavy atom. The van der Waals surface area contributed by atoms with E-state index in [0.717, 1.165) is 22.7 Å². The molecule has 0 fully saturated rings. The van der Waals surface area contributed by atoms with E-state index in [4.69, 9.17) is 5.14 Å². The summed E-state index contributed by atoms with van der Waals surface area (Å²) in [5, 5.41) is 10.8. The largest absolute Gasteiger partial charge is 0.355 e. The molecule has 0 unspecified atom stereocenters. The first-order valence-corrected chi connectivity index (χ1v) is 9.63. The van der Waals surface area contributed by atoms with Crippen LogP contribution >= 0.6 is 11.3 Å². The van der Waals surface area contributed by atoms with Crippen molar-refractivity contribution in [1.29, 1.82) is 0 Å². The molecule has 0 aliphatic rings. The van der Waals surface area contributed by atoms with E-state index in [0.29, 0.717) is 13.0 Å². The fourth-order valence-electron chi connectivity index (χ4n) is 2.01. The maximum absolute atomic E-state index is 11.8. The van der Waals surface area contributed by atoms with Crippen LogP contribution in [0.15, 0.2) is 34.5 Å². The molecule has 0 bridgehead atoms. The third-order valence-corrected chi connectivity index (χ3v) is 5.20. The van der Waals surface area contributed by atoms with Gasteiger partial charge < -0.3 is 5.32 Å². The highest BCUT2D eigenvalue weighted by atomic mass is 32.2. The first-order chi connectivity index (χ1) is 10.9. The molecular formula is C15H19N3O3S2. The second kappa shape index (κ2) is 7.67. The standard InChI is InChI=1S/C15H19N3O3S2/c1-2-15-18-12(10-22-15)9-14(19)17-8-7-11-3-5-13(6-4-11)23(16,20)21/h3-6,10H,2,7-9H2,1H3,(H,17,19)(H2,16,20,21). The Morgan fingerprint density at radius 3 is 2.57 bits per heavy atom. The Hall–Kier alpha value is -1.77. The van der Waals surface area contributed by atoms with Crippen molar-refractivity contribution in [2.24, 2.45) is 5.14 Å². The van der Waals surface area contributed by atoms with Crippen LogP contribution in [-0.2, 0) is 34.1 Å². The maximum Gasteiger partial charge on any atom is 0.238 e. The molecule has 1 amide bonds. The van der Waals surface area contributed by atoms with E-state index >= 15 is 0 Å². The third kappa shape index (κ3) is 5.42. The number of carbonyl (C=O) groups excluding carboxylic acids is 1. The van der Waals surface area contributed by atoms with Gasteiger partial charge >= 0.3 is 0 Å². The molecule has 0 aliphatic heterocycles. The molecule has 0 saturated carbocycles.